The molecule has 0 aromatic heterocycles. The van der Waals surface area contributed by atoms with Crippen molar-refractivity contribution < 1.29 is 0 Å². The van der Waals surface area contributed by atoms with Crippen LogP contribution in [0.3, 0.4) is 0 Å². The van der Waals surface area contributed by atoms with Crippen molar-refractivity contribution in [1.82, 2.24) is 0 Å². The van der Waals surface area contributed by atoms with E-state index in [1.54, 1.807) is 23.5 Å². The van der Waals surface area contributed by atoms with E-state index in [4.69, 9.17) is 46.4 Å². The van der Waals surface area contributed by atoms with E-state index in [1.165, 1.54) is 0 Å². The van der Waals surface area contributed by atoms with Crippen molar-refractivity contribution in [3.05, 3.63) is 56.5 Å². The van der Waals surface area contributed by atoms with Crippen LogP contribution in [0.15, 0.2) is 46.2 Å². The van der Waals surface area contributed by atoms with Gasteiger partial charge in [0.05, 0.1) is 20.1 Å². The molecule has 0 atom stereocenters. The van der Waals surface area contributed by atoms with E-state index in [0.717, 1.165) is 14.9 Å². The summed E-state index contributed by atoms with van der Waals surface area (Å²) in [6.45, 7) is 0. The Balaban J connectivity index is 2.05. The van der Waals surface area contributed by atoms with Gasteiger partial charge >= 0.3 is 0 Å². The Hall–Kier alpha value is 0.300. The molecule has 0 fully saturated rings. The summed E-state index contributed by atoms with van der Waals surface area (Å²) in [7, 11) is 0. The Bertz CT molecular complexity index is 495. The first-order valence-electron chi connectivity index (χ1n) is 5.23. The SMILES string of the molecule is Clc1cccc(Cl)c1SCSc1c(Cl)cccc1Cl. The van der Waals surface area contributed by atoms with Crippen molar-refractivity contribution in [2.75, 3.05) is 5.08 Å². The van der Waals surface area contributed by atoms with Crippen molar-refractivity contribution in [1.29, 1.82) is 0 Å². The normalized spacial score (nSPS) is 10.7. The van der Waals surface area contributed by atoms with Gasteiger partial charge in [-0.25, -0.2) is 0 Å². The Morgan fingerprint density at radius 1 is 0.632 bits per heavy atom. The molecule has 0 aliphatic rings. The highest BCUT2D eigenvalue weighted by Gasteiger charge is 2.09. The smallest absolute Gasteiger partial charge is 0.0557 e. The molecule has 0 aliphatic heterocycles. The van der Waals surface area contributed by atoms with Gasteiger partial charge in [-0.15, -0.1) is 23.5 Å². The fourth-order valence-corrected chi connectivity index (χ4v) is 4.84. The van der Waals surface area contributed by atoms with Gasteiger partial charge in [-0.2, -0.15) is 0 Å². The Morgan fingerprint density at radius 2 is 0.947 bits per heavy atom. The number of halogens is 4. The number of thioether (sulfide) groups is 2. The third kappa shape index (κ3) is 4.13. The van der Waals surface area contributed by atoms with Crippen LogP contribution in [0.2, 0.25) is 20.1 Å². The minimum atomic E-state index is 0.656. The van der Waals surface area contributed by atoms with Gasteiger partial charge in [-0.3, -0.25) is 0 Å². The molecule has 2 aromatic rings. The molecule has 0 nitrogen and oxygen atoms in total. The predicted molar refractivity (Wildman–Crippen MR) is 89.5 cm³/mol. The maximum Gasteiger partial charge on any atom is 0.0557 e. The van der Waals surface area contributed by atoms with Crippen LogP contribution in [0.4, 0.5) is 0 Å². The Labute approximate surface area is 140 Å². The molecule has 0 aliphatic carbocycles. The molecule has 2 aromatic carbocycles. The molecule has 0 saturated carbocycles. The summed E-state index contributed by atoms with van der Waals surface area (Å²) in [4.78, 5) is 1.75. The van der Waals surface area contributed by atoms with E-state index in [2.05, 4.69) is 0 Å². The zero-order chi connectivity index (χ0) is 13.8. The lowest BCUT2D eigenvalue weighted by Gasteiger charge is -2.08. The van der Waals surface area contributed by atoms with Crippen LogP contribution in [0, 0.1) is 0 Å². The summed E-state index contributed by atoms with van der Waals surface area (Å²) >= 11 is 27.6. The fraction of sp³-hybridized carbons (Fsp3) is 0.0769. The number of benzene rings is 2. The van der Waals surface area contributed by atoms with E-state index in [-0.39, 0.29) is 0 Å². The van der Waals surface area contributed by atoms with E-state index in [0.29, 0.717) is 20.1 Å². The van der Waals surface area contributed by atoms with Crippen LogP contribution in [0.1, 0.15) is 0 Å². The Morgan fingerprint density at radius 3 is 1.26 bits per heavy atom. The highest BCUT2D eigenvalue weighted by molar-refractivity contribution is 8.16. The van der Waals surface area contributed by atoms with Crippen LogP contribution in [0.5, 0.6) is 0 Å². The van der Waals surface area contributed by atoms with E-state index in [1.807, 2.05) is 36.4 Å². The molecule has 2 rings (SSSR count). The largest absolute Gasteiger partial charge is 0.112 e. The van der Waals surface area contributed by atoms with Gasteiger partial charge in [0.25, 0.3) is 0 Å². The predicted octanol–water partition coefficient (Wildman–Crippen LogP) is 7.14. The topological polar surface area (TPSA) is 0 Å². The van der Waals surface area contributed by atoms with Crippen molar-refractivity contribution >= 4 is 69.9 Å². The van der Waals surface area contributed by atoms with Gasteiger partial charge in [-0.05, 0) is 24.3 Å². The van der Waals surface area contributed by atoms with Crippen LogP contribution in [-0.4, -0.2) is 5.08 Å². The summed E-state index contributed by atoms with van der Waals surface area (Å²) in [5.41, 5.74) is 0. The molecular formula is C13H8Cl4S2. The third-order valence-electron chi connectivity index (χ3n) is 2.24. The summed E-state index contributed by atoms with van der Waals surface area (Å²) in [5.74, 6) is 0. The highest BCUT2D eigenvalue weighted by Crippen LogP contribution is 2.40. The average Bonchev–Trinajstić information content (AvgIpc) is 2.36. The van der Waals surface area contributed by atoms with Gasteiger partial charge in [-0.1, -0.05) is 58.5 Å². The highest BCUT2D eigenvalue weighted by atomic mass is 35.5. The van der Waals surface area contributed by atoms with Gasteiger partial charge in [0.1, 0.15) is 0 Å². The summed E-state index contributed by atoms with van der Waals surface area (Å²) in [6.07, 6.45) is 0. The molecule has 0 saturated heterocycles. The monoisotopic (exact) mass is 368 g/mol. The van der Waals surface area contributed by atoms with Crippen LogP contribution < -0.4 is 0 Å². The number of hydrogen-bond donors (Lipinski definition) is 0. The lowest BCUT2D eigenvalue weighted by molar-refractivity contribution is 1.45. The first-order chi connectivity index (χ1) is 9.09. The summed E-state index contributed by atoms with van der Waals surface area (Å²) < 4.78 is 0. The van der Waals surface area contributed by atoms with E-state index >= 15 is 0 Å². The lowest BCUT2D eigenvalue weighted by Crippen LogP contribution is -1.81. The second kappa shape index (κ2) is 7.35. The lowest BCUT2D eigenvalue weighted by atomic mass is 10.4. The van der Waals surface area contributed by atoms with Gasteiger partial charge < -0.3 is 0 Å². The van der Waals surface area contributed by atoms with Crippen molar-refractivity contribution in [2.24, 2.45) is 0 Å². The summed E-state index contributed by atoms with van der Waals surface area (Å²) in [5, 5.41) is 3.35. The van der Waals surface area contributed by atoms with Crippen LogP contribution in [-0.2, 0) is 0 Å². The van der Waals surface area contributed by atoms with E-state index in [9.17, 15) is 0 Å². The van der Waals surface area contributed by atoms with Gasteiger partial charge in [0, 0.05) is 14.9 Å². The minimum Gasteiger partial charge on any atom is -0.112 e. The van der Waals surface area contributed by atoms with Gasteiger partial charge in [0.15, 0.2) is 0 Å². The molecule has 0 spiro atoms. The maximum absolute atomic E-state index is 6.11. The minimum absolute atomic E-state index is 0.656. The van der Waals surface area contributed by atoms with Crippen LogP contribution in [0.25, 0.3) is 0 Å². The van der Waals surface area contributed by atoms with Crippen molar-refractivity contribution in [3.8, 4) is 0 Å². The van der Waals surface area contributed by atoms with Crippen LogP contribution >= 0.6 is 69.9 Å². The first kappa shape index (κ1) is 15.7. The zero-order valence-electron chi connectivity index (χ0n) is 9.50. The average molecular weight is 370 g/mol. The molecule has 0 radical (unpaired) electrons. The third-order valence-corrected chi connectivity index (χ3v) is 6.35. The number of hydrogen-bond acceptors (Lipinski definition) is 2. The molecule has 0 unspecified atom stereocenters. The summed E-state index contributed by atoms with van der Waals surface area (Å²) in [6, 6.07) is 10.9. The Kier molecular flexibility index (Phi) is 6.07. The van der Waals surface area contributed by atoms with Crippen molar-refractivity contribution in [3.63, 3.8) is 0 Å². The zero-order valence-corrected chi connectivity index (χ0v) is 14.2. The fourth-order valence-electron chi connectivity index (χ4n) is 1.39. The quantitative estimate of drug-likeness (QED) is 0.414. The second-order valence-electron chi connectivity index (χ2n) is 3.51. The molecular weight excluding hydrogens is 362 g/mol. The molecule has 0 bridgehead atoms. The first-order valence-corrected chi connectivity index (χ1v) is 8.71. The molecule has 19 heavy (non-hydrogen) atoms. The maximum atomic E-state index is 6.11. The molecule has 0 heterocycles. The second-order valence-corrected chi connectivity index (χ2v) is 7.47. The van der Waals surface area contributed by atoms with E-state index < -0.39 is 0 Å². The standard InChI is InChI=1S/C13H8Cl4S2/c14-8-3-1-4-9(15)12(8)18-7-19-13-10(16)5-2-6-11(13)17/h1-6H,7H2. The van der Waals surface area contributed by atoms with Crippen molar-refractivity contribution in [2.45, 2.75) is 9.79 Å². The molecule has 0 amide bonds. The van der Waals surface area contributed by atoms with Gasteiger partial charge in [0.2, 0.25) is 0 Å². The molecule has 100 valence electrons. The number of rotatable bonds is 4. The molecule has 6 heteroatoms. The molecule has 0 N–H and O–H groups in total.